The first-order valence-electron chi connectivity index (χ1n) is 10.1. The van der Waals surface area contributed by atoms with Gasteiger partial charge in [-0.2, -0.15) is 0 Å². The molecule has 1 aliphatic rings. The largest absolute Gasteiger partial charge is 0.382 e. The summed E-state index contributed by atoms with van der Waals surface area (Å²) >= 11 is 0. The third-order valence-electron chi connectivity index (χ3n) is 4.55. The van der Waals surface area contributed by atoms with Crippen LogP contribution in [0.25, 0.3) is 0 Å². The number of piperazine rings is 1. The monoisotopic (exact) mass is 379 g/mol. The Morgan fingerprint density at radius 3 is 2.52 bits per heavy atom. The SMILES string of the molecule is CCNC(=NCCCOCC)NCCN1CCN(c2ccc(F)cc2)CC1. The number of hydrogen-bond donors (Lipinski definition) is 2. The van der Waals surface area contributed by atoms with Crippen molar-refractivity contribution in [2.24, 2.45) is 4.99 Å². The van der Waals surface area contributed by atoms with Gasteiger partial charge in [0.25, 0.3) is 0 Å². The van der Waals surface area contributed by atoms with Crippen molar-refractivity contribution in [3.8, 4) is 0 Å². The molecule has 1 saturated heterocycles. The maximum atomic E-state index is 13.1. The molecule has 1 aromatic carbocycles. The van der Waals surface area contributed by atoms with E-state index < -0.39 is 0 Å². The van der Waals surface area contributed by atoms with Crippen molar-refractivity contribution < 1.29 is 9.13 Å². The summed E-state index contributed by atoms with van der Waals surface area (Å²) in [5.74, 6) is 0.693. The Morgan fingerprint density at radius 2 is 1.85 bits per heavy atom. The van der Waals surface area contributed by atoms with Gasteiger partial charge in [-0.25, -0.2) is 4.39 Å². The summed E-state index contributed by atoms with van der Waals surface area (Å²) in [5, 5.41) is 6.69. The Balaban J connectivity index is 1.65. The van der Waals surface area contributed by atoms with Gasteiger partial charge in [-0.1, -0.05) is 0 Å². The second-order valence-corrected chi connectivity index (χ2v) is 6.54. The minimum atomic E-state index is -0.181. The molecule has 6 nitrogen and oxygen atoms in total. The number of guanidine groups is 1. The van der Waals surface area contributed by atoms with E-state index in [2.05, 4.69) is 32.3 Å². The van der Waals surface area contributed by atoms with Gasteiger partial charge in [0.2, 0.25) is 0 Å². The van der Waals surface area contributed by atoms with Crippen LogP contribution in [-0.4, -0.2) is 76.4 Å². The average molecular weight is 380 g/mol. The van der Waals surface area contributed by atoms with Crippen molar-refractivity contribution >= 4 is 11.6 Å². The molecule has 0 bridgehead atoms. The Labute approximate surface area is 162 Å². The Bertz CT molecular complexity index is 544. The highest BCUT2D eigenvalue weighted by molar-refractivity contribution is 5.79. The fourth-order valence-corrected chi connectivity index (χ4v) is 3.06. The summed E-state index contributed by atoms with van der Waals surface area (Å²) in [6, 6.07) is 6.78. The first kappa shape index (κ1) is 21.4. The van der Waals surface area contributed by atoms with Crippen LogP contribution in [0, 0.1) is 5.82 Å². The number of hydrogen-bond acceptors (Lipinski definition) is 4. The van der Waals surface area contributed by atoms with Crippen LogP contribution >= 0.6 is 0 Å². The van der Waals surface area contributed by atoms with Crippen LogP contribution in [0.2, 0.25) is 0 Å². The van der Waals surface area contributed by atoms with E-state index in [0.29, 0.717) is 0 Å². The standard InChI is InChI=1S/C20H34FN5O/c1-3-22-20(23-10-5-17-27-4-2)24-11-12-25-13-15-26(16-14-25)19-8-6-18(21)7-9-19/h6-9H,3-5,10-17H2,1-2H3,(H2,22,23,24). The lowest BCUT2D eigenvalue weighted by Gasteiger charge is -2.36. The minimum absolute atomic E-state index is 0.181. The number of aliphatic imine (C=N–C) groups is 1. The maximum absolute atomic E-state index is 13.1. The van der Waals surface area contributed by atoms with Crippen molar-refractivity contribution in [3.63, 3.8) is 0 Å². The van der Waals surface area contributed by atoms with Crippen molar-refractivity contribution in [2.75, 3.05) is 70.5 Å². The Kier molecular flexibility index (Phi) is 9.94. The van der Waals surface area contributed by atoms with E-state index in [4.69, 9.17) is 4.74 Å². The third-order valence-corrected chi connectivity index (χ3v) is 4.55. The lowest BCUT2D eigenvalue weighted by atomic mass is 10.2. The van der Waals surface area contributed by atoms with Crippen molar-refractivity contribution in [2.45, 2.75) is 20.3 Å². The van der Waals surface area contributed by atoms with Crippen LogP contribution in [-0.2, 0) is 4.74 Å². The number of benzene rings is 1. The molecular formula is C20H34FN5O. The van der Waals surface area contributed by atoms with Gasteiger partial charge >= 0.3 is 0 Å². The highest BCUT2D eigenvalue weighted by atomic mass is 19.1. The number of nitrogens with zero attached hydrogens (tertiary/aromatic N) is 3. The zero-order valence-electron chi connectivity index (χ0n) is 16.7. The first-order chi connectivity index (χ1) is 13.2. The molecule has 1 fully saturated rings. The maximum Gasteiger partial charge on any atom is 0.191 e. The van der Waals surface area contributed by atoms with Crippen molar-refractivity contribution in [1.29, 1.82) is 0 Å². The third kappa shape index (κ3) is 8.13. The fraction of sp³-hybridized carbons (Fsp3) is 0.650. The molecule has 1 aliphatic heterocycles. The number of ether oxygens (including phenoxy) is 1. The molecule has 1 aromatic rings. The number of halogens is 1. The molecule has 0 unspecified atom stereocenters. The summed E-state index contributed by atoms with van der Waals surface area (Å²) < 4.78 is 18.4. The van der Waals surface area contributed by atoms with Crippen LogP contribution in [0.1, 0.15) is 20.3 Å². The molecule has 0 radical (unpaired) electrons. The van der Waals surface area contributed by atoms with Crippen LogP contribution in [0.5, 0.6) is 0 Å². The number of rotatable bonds is 10. The molecule has 0 saturated carbocycles. The van der Waals surface area contributed by atoms with Crippen LogP contribution in [0.15, 0.2) is 29.3 Å². The molecule has 152 valence electrons. The molecule has 0 spiro atoms. The van der Waals surface area contributed by atoms with Gasteiger partial charge in [-0.3, -0.25) is 9.89 Å². The highest BCUT2D eigenvalue weighted by Crippen LogP contribution is 2.16. The van der Waals surface area contributed by atoms with Crippen molar-refractivity contribution in [3.05, 3.63) is 30.1 Å². The van der Waals surface area contributed by atoms with E-state index in [-0.39, 0.29) is 5.82 Å². The Hall–Kier alpha value is -1.86. The lowest BCUT2D eigenvalue weighted by Crippen LogP contribution is -2.49. The molecule has 2 N–H and O–H groups in total. The lowest BCUT2D eigenvalue weighted by molar-refractivity contribution is 0.146. The molecule has 0 amide bonds. The Morgan fingerprint density at radius 1 is 1.11 bits per heavy atom. The molecule has 0 aromatic heterocycles. The van der Waals surface area contributed by atoms with E-state index in [1.165, 1.54) is 12.1 Å². The molecule has 2 rings (SSSR count). The highest BCUT2D eigenvalue weighted by Gasteiger charge is 2.16. The van der Waals surface area contributed by atoms with Gasteiger partial charge in [-0.05, 0) is 44.5 Å². The average Bonchev–Trinajstić information content (AvgIpc) is 2.69. The number of nitrogens with one attached hydrogen (secondary N) is 2. The number of anilines is 1. The zero-order chi connectivity index (χ0) is 19.3. The van der Waals surface area contributed by atoms with Gasteiger partial charge < -0.3 is 20.3 Å². The van der Waals surface area contributed by atoms with Crippen LogP contribution < -0.4 is 15.5 Å². The van der Waals surface area contributed by atoms with E-state index in [1.807, 2.05) is 19.1 Å². The molecule has 0 atom stereocenters. The zero-order valence-corrected chi connectivity index (χ0v) is 16.7. The van der Waals surface area contributed by atoms with Gasteiger partial charge in [0.05, 0.1) is 0 Å². The van der Waals surface area contributed by atoms with Gasteiger partial charge in [0.1, 0.15) is 5.82 Å². The van der Waals surface area contributed by atoms with E-state index in [1.54, 1.807) is 0 Å². The van der Waals surface area contributed by atoms with E-state index >= 15 is 0 Å². The smallest absolute Gasteiger partial charge is 0.191 e. The summed E-state index contributed by atoms with van der Waals surface area (Å²) in [7, 11) is 0. The summed E-state index contributed by atoms with van der Waals surface area (Å²) in [5.41, 5.74) is 1.10. The normalized spacial score (nSPS) is 15.8. The summed E-state index contributed by atoms with van der Waals surface area (Å²) in [6.45, 7) is 13.1. The molecule has 0 aliphatic carbocycles. The topological polar surface area (TPSA) is 52.1 Å². The quantitative estimate of drug-likeness (QED) is 0.370. The van der Waals surface area contributed by atoms with E-state index in [0.717, 1.165) is 83.6 Å². The summed E-state index contributed by atoms with van der Waals surface area (Å²) in [6.07, 6.45) is 0.940. The second-order valence-electron chi connectivity index (χ2n) is 6.54. The molecule has 27 heavy (non-hydrogen) atoms. The van der Waals surface area contributed by atoms with E-state index in [9.17, 15) is 4.39 Å². The van der Waals surface area contributed by atoms with Crippen LogP contribution in [0.3, 0.4) is 0 Å². The first-order valence-corrected chi connectivity index (χ1v) is 10.1. The molecule has 7 heteroatoms. The molecule has 1 heterocycles. The predicted octanol–water partition coefficient (Wildman–Crippen LogP) is 1.93. The van der Waals surface area contributed by atoms with Gasteiger partial charge in [0, 0.05) is 71.3 Å². The molecular weight excluding hydrogens is 345 g/mol. The minimum Gasteiger partial charge on any atom is -0.382 e. The van der Waals surface area contributed by atoms with Crippen LogP contribution in [0.4, 0.5) is 10.1 Å². The van der Waals surface area contributed by atoms with Gasteiger partial charge in [0.15, 0.2) is 5.96 Å². The van der Waals surface area contributed by atoms with Crippen molar-refractivity contribution in [1.82, 2.24) is 15.5 Å². The predicted molar refractivity (Wildman–Crippen MR) is 110 cm³/mol. The van der Waals surface area contributed by atoms with Gasteiger partial charge in [-0.15, -0.1) is 0 Å². The fourth-order valence-electron chi connectivity index (χ4n) is 3.06. The second kappa shape index (κ2) is 12.5. The summed E-state index contributed by atoms with van der Waals surface area (Å²) in [4.78, 5) is 9.35.